The first-order chi connectivity index (χ1) is 15.4. The molecule has 1 aromatic heterocycles. The zero-order chi connectivity index (χ0) is 22.3. The Morgan fingerprint density at radius 2 is 1.97 bits per heavy atom. The van der Waals surface area contributed by atoms with Gasteiger partial charge in [-0.15, -0.1) is 0 Å². The van der Waals surface area contributed by atoms with Gasteiger partial charge in [0.25, 0.3) is 15.9 Å². The smallest absolute Gasteiger partial charge is 0.265 e. The Hall–Kier alpha value is -2.46. The van der Waals surface area contributed by atoms with Crippen LogP contribution in [0.1, 0.15) is 49.1 Å². The van der Waals surface area contributed by atoms with E-state index in [0.717, 1.165) is 36.8 Å². The van der Waals surface area contributed by atoms with Gasteiger partial charge in [0.15, 0.2) is 6.61 Å². The normalized spacial score (nSPS) is 29.4. The van der Waals surface area contributed by atoms with Gasteiger partial charge in [0, 0.05) is 24.7 Å². The van der Waals surface area contributed by atoms with E-state index in [0.29, 0.717) is 36.2 Å². The zero-order valence-corrected chi connectivity index (χ0v) is 18.8. The molecule has 3 fully saturated rings. The van der Waals surface area contributed by atoms with Crippen LogP contribution in [0.5, 0.6) is 5.88 Å². The van der Waals surface area contributed by atoms with Crippen molar-refractivity contribution < 1.29 is 27.4 Å². The van der Waals surface area contributed by atoms with Crippen molar-refractivity contribution in [3.05, 3.63) is 35.3 Å². The fourth-order valence-electron chi connectivity index (χ4n) is 4.73. The Morgan fingerprint density at radius 3 is 2.69 bits per heavy atom. The van der Waals surface area contributed by atoms with Crippen LogP contribution in [0.15, 0.2) is 28.6 Å². The van der Waals surface area contributed by atoms with E-state index in [-0.39, 0.29) is 31.8 Å². The summed E-state index contributed by atoms with van der Waals surface area (Å²) in [6.45, 7) is 2.49. The van der Waals surface area contributed by atoms with E-state index in [1.54, 1.807) is 6.20 Å². The summed E-state index contributed by atoms with van der Waals surface area (Å²) in [5.41, 5.74) is 2.94. The number of nitrogens with zero attached hydrogens (tertiary/aromatic N) is 3. The van der Waals surface area contributed by atoms with Crippen molar-refractivity contribution in [2.75, 3.05) is 26.4 Å². The van der Waals surface area contributed by atoms with Crippen LogP contribution in [0.25, 0.3) is 0 Å². The molecule has 1 amide bonds. The molecule has 32 heavy (non-hydrogen) atoms. The predicted molar refractivity (Wildman–Crippen MR) is 116 cm³/mol. The summed E-state index contributed by atoms with van der Waals surface area (Å²) in [4.78, 5) is 19.0. The molecule has 9 nitrogen and oxygen atoms in total. The van der Waals surface area contributed by atoms with E-state index in [1.165, 1.54) is 11.2 Å². The maximum atomic E-state index is 13.0. The van der Waals surface area contributed by atoms with Crippen molar-refractivity contribution in [1.82, 2.24) is 9.88 Å². The monoisotopic (exact) mass is 461 g/mol. The van der Waals surface area contributed by atoms with E-state index in [2.05, 4.69) is 9.38 Å². The van der Waals surface area contributed by atoms with Crippen molar-refractivity contribution in [1.29, 1.82) is 0 Å². The molecule has 6 rings (SSSR count). The largest absolute Gasteiger partial charge is 0.496 e. The highest BCUT2D eigenvalue weighted by atomic mass is 32.2. The van der Waals surface area contributed by atoms with Gasteiger partial charge in [-0.1, -0.05) is 0 Å². The van der Waals surface area contributed by atoms with E-state index < -0.39 is 15.3 Å². The number of amides is 1. The molecule has 0 spiro atoms. The third kappa shape index (κ3) is 4.01. The topological polar surface area (TPSA) is 107 Å². The minimum Gasteiger partial charge on any atom is -0.496 e. The Bertz CT molecular complexity index is 1070. The minimum atomic E-state index is -3.70. The standard InChI is InChI=1S/C22H27N3O6S/c1-14-6-8-23-22-21(14)15-2-4-16(5-3-15)30-12-19-18(7-9-25(19)20(26)13-31-22)24-32(27,28)17-10-29-11-17/h6,8,12,15-17H,2-5,7,9-11,13H2,1H3/b19-12-,24-18+. The summed E-state index contributed by atoms with van der Waals surface area (Å²) < 4.78 is 46.2. The first-order valence-corrected chi connectivity index (χ1v) is 12.6. The molecule has 172 valence electrons. The van der Waals surface area contributed by atoms with Crippen LogP contribution < -0.4 is 4.74 Å². The number of carbonyl (C=O) groups excluding carboxylic acids is 1. The number of rotatable bonds is 2. The summed E-state index contributed by atoms with van der Waals surface area (Å²) in [6, 6.07) is 1.97. The molecule has 1 aromatic rings. The van der Waals surface area contributed by atoms with Gasteiger partial charge >= 0.3 is 0 Å². The van der Waals surface area contributed by atoms with Crippen LogP contribution in [0.3, 0.4) is 0 Å². The molecule has 0 radical (unpaired) electrons. The SMILES string of the molecule is Cc1ccnc2c1C1CCC(CC1)O/C=C1/C(=N/S(=O)(=O)C3COC3)CCN1C(=O)CO2. The Labute approximate surface area is 187 Å². The molecular formula is C22H27N3O6S. The number of hydrogen-bond acceptors (Lipinski definition) is 7. The summed E-state index contributed by atoms with van der Waals surface area (Å²) in [5, 5.41) is -0.625. The molecule has 0 unspecified atom stereocenters. The third-order valence-corrected chi connectivity index (χ3v) is 8.27. The van der Waals surface area contributed by atoms with Crippen molar-refractivity contribution in [2.24, 2.45) is 4.40 Å². The molecule has 0 N–H and O–H groups in total. The lowest BCUT2D eigenvalue weighted by molar-refractivity contribution is -0.130. The number of ether oxygens (including phenoxy) is 3. The highest BCUT2D eigenvalue weighted by Gasteiger charge is 2.37. The van der Waals surface area contributed by atoms with Crippen LogP contribution in [-0.4, -0.2) is 67.6 Å². The van der Waals surface area contributed by atoms with Crippen molar-refractivity contribution in [3.63, 3.8) is 0 Å². The molecule has 2 bridgehead atoms. The Morgan fingerprint density at radius 1 is 1.19 bits per heavy atom. The summed E-state index contributed by atoms with van der Waals surface area (Å²) in [5.74, 6) is 0.539. The molecule has 0 atom stereocenters. The molecule has 0 aromatic carbocycles. The van der Waals surface area contributed by atoms with E-state index >= 15 is 0 Å². The number of sulfonamides is 1. The molecule has 5 heterocycles. The molecule has 1 saturated carbocycles. The number of aryl methyl sites for hydroxylation is 1. The number of hydrogen-bond donors (Lipinski definition) is 0. The number of aromatic nitrogens is 1. The van der Waals surface area contributed by atoms with Gasteiger partial charge in [0.1, 0.15) is 17.2 Å². The van der Waals surface area contributed by atoms with Crippen molar-refractivity contribution in [3.8, 4) is 5.88 Å². The van der Waals surface area contributed by atoms with Gasteiger partial charge in [-0.25, -0.2) is 13.4 Å². The third-order valence-electron chi connectivity index (χ3n) is 6.68. The molecular weight excluding hydrogens is 434 g/mol. The summed E-state index contributed by atoms with van der Waals surface area (Å²) >= 11 is 0. The fourth-order valence-corrected chi connectivity index (χ4v) is 5.91. The highest BCUT2D eigenvalue weighted by molar-refractivity contribution is 7.91. The van der Waals surface area contributed by atoms with E-state index in [4.69, 9.17) is 14.2 Å². The van der Waals surface area contributed by atoms with Crippen LogP contribution in [0, 0.1) is 6.92 Å². The van der Waals surface area contributed by atoms with Crippen LogP contribution in [-0.2, 0) is 24.3 Å². The van der Waals surface area contributed by atoms with Gasteiger partial charge in [0.05, 0.1) is 25.0 Å². The van der Waals surface area contributed by atoms with Crippen LogP contribution in [0.2, 0.25) is 0 Å². The molecule has 4 aliphatic heterocycles. The first-order valence-electron chi connectivity index (χ1n) is 11.1. The lowest BCUT2D eigenvalue weighted by Gasteiger charge is -2.29. The van der Waals surface area contributed by atoms with Crippen LogP contribution in [0.4, 0.5) is 0 Å². The Kier molecular flexibility index (Phi) is 5.66. The second-order valence-electron chi connectivity index (χ2n) is 8.76. The zero-order valence-electron chi connectivity index (χ0n) is 18.0. The first kappa shape index (κ1) is 21.4. The predicted octanol–water partition coefficient (Wildman–Crippen LogP) is 2.07. The number of carbonyl (C=O) groups is 1. The molecule has 5 aliphatic rings. The fraction of sp³-hybridized carbons (Fsp3) is 0.591. The Balaban J connectivity index is 1.47. The average Bonchev–Trinajstić information content (AvgIpc) is 3.11. The minimum absolute atomic E-state index is 0.0105. The van der Waals surface area contributed by atoms with Gasteiger partial charge in [-0.05, 0) is 50.2 Å². The van der Waals surface area contributed by atoms with E-state index in [9.17, 15) is 13.2 Å². The number of fused-ring (bicyclic) bond motifs is 5. The summed E-state index contributed by atoms with van der Waals surface area (Å²) in [7, 11) is -3.70. The van der Waals surface area contributed by atoms with Crippen molar-refractivity contribution in [2.45, 2.75) is 56.3 Å². The lowest BCUT2D eigenvalue weighted by Crippen LogP contribution is -2.40. The van der Waals surface area contributed by atoms with Gasteiger partial charge < -0.3 is 19.1 Å². The molecule has 1 aliphatic carbocycles. The quantitative estimate of drug-likeness (QED) is 0.663. The second kappa shape index (κ2) is 8.47. The maximum Gasteiger partial charge on any atom is 0.265 e. The van der Waals surface area contributed by atoms with Gasteiger partial charge in [0.2, 0.25) is 5.88 Å². The number of allylic oxidation sites excluding steroid dienone is 1. The van der Waals surface area contributed by atoms with Crippen LogP contribution >= 0.6 is 0 Å². The van der Waals surface area contributed by atoms with Crippen molar-refractivity contribution >= 4 is 21.6 Å². The van der Waals surface area contributed by atoms with Gasteiger partial charge in [-0.3, -0.25) is 4.79 Å². The van der Waals surface area contributed by atoms with Gasteiger partial charge in [-0.2, -0.15) is 4.40 Å². The second-order valence-corrected chi connectivity index (χ2v) is 10.6. The molecule has 2 saturated heterocycles. The molecule has 10 heteroatoms. The number of pyridine rings is 1. The average molecular weight is 462 g/mol. The maximum absolute atomic E-state index is 13.0. The summed E-state index contributed by atoms with van der Waals surface area (Å²) in [6.07, 6.45) is 7.17. The van der Waals surface area contributed by atoms with E-state index in [1.807, 2.05) is 13.0 Å². The lowest BCUT2D eigenvalue weighted by atomic mass is 9.81. The highest BCUT2D eigenvalue weighted by Crippen LogP contribution is 2.39.